The average molecular weight is 267 g/mol. The molecule has 0 atom stereocenters. The molecule has 1 N–H and O–H groups in total. The number of hydrogen-bond acceptors (Lipinski definition) is 2. The molecule has 19 heavy (non-hydrogen) atoms. The summed E-state index contributed by atoms with van der Waals surface area (Å²) in [5, 5.41) is 3.69. The van der Waals surface area contributed by atoms with E-state index >= 15 is 0 Å². The molecule has 0 spiro atoms. The lowest BCUT2D eigenvalue weighted by Crippen LogP contribution is -2.33. The molecule has 0 saturated heterocycles. The van der Waals surface area contributed by atoms with Crippen LogP contribution in [0.4, 0.5) is 0 Å². The molecule has 2 heteroatoms. The minimum absolute atomic E-state index is 0.531. The highest BCUT2D eigenvalue weighted by Crippen LogP contribution is 2.36. The normalized spacial score (nSPS) is 26.2. The van der Waals surface area contributed by atoms with Crippen molar-refractivity contribution < 1.29 is 4.74 Å². The van der Waals surface area contributed by atoms with Gasteiger partial charge in [-0.3, -0.25) is 0 Å². The van der Waals surface area contributed by atoms with Crippen LogP contribution in [0.3, 0.4) is 0 Å². The van der Waals surface area contributed by atoms with Crippen LogP contribution in [0.1, 0.15) is 78.1 Å². The standard InChI is InChI=1S/C17H33NO/c1-17(2)11-9-16(10-12-17)19-14-13-18-15-7-5-3-4-6-8-15/h15-16,18H,3-14H2,1-2H3. The number of rotatable bonds is 5. The van der Waals surface area contributed by atoms with Crippen molar-refractivity contribution in [2.45, 2.75) is 90.2 Å². The number of hydrogen-bond donors (Lipinski definition) is 1. The third-order valence-corrected chi connectivity index (χ3v) is 5.03. The van der Waals surface area contributed by atoms with E-state index in [0.29, 0.717) is 11.5 Å². The molecule has 2 nitrogen and oxygen atoms in total. The van der Waals surface area contributed by atoms with Crippen molar-refractivity contribution in [1.82, 2.24) is 5.32 Å². The molecule has 0 aromatic heterocycles. The summed E-state index contributed by atoms with van der Waals surface area (Å²) in [6.45, 7) is 6.72. The summed E-state index contributed by atoms with van der Waals surface area (Å²) >= 11 is 0. The van der Waals surface area contributed by atoms with Gasteiger partial charge in [0.25, 0.3) is 0 Å². The van der Waals surface area contributed by atoms with Crippen LogP contribution >= 0.6 is 0 Å². The van der Waals surface area contributed by atoms with Crippen LogP contribution in [-0.4, -0.2) is 25.3 Å². The lowest BCUT2D eigenvalue weighted by atomic mass is 9.76. The van der Waals surface area contributed by atoms with Crippen molar-refractivity contribution in [3.8, 4) is 0 Å². The molecule has 0 bridgehead atoms. The van der Waals surface area contributed by atoms with Crippen molar-refractivity contribution in [2.24, 2.45) is 5.41 Å². The fourth-order valence-electron chi connectivity index (χ4n) is 3.51. The summed E-state index contributed by atoms with van der Waals surface area (Å²) < 4.78 is 6.04. The Morgan fingerprint density at radius 3 is 2.21 bits per heavy atom. The molecule has 0 unspecified atom stereocenters. The molecule has 2 aliphatic carbocycles. The maximum Gasteiger partial charge on any atom is 0.0594 e. The van der Waals surface area contributed by atoms with Gasteiger partial charge in [0.2, 0.25) is 0 Å². The summed E-state index contributed by atoms with van der Waals surface area (Å²) in [5.41, 5.74) is 0.554. The van der Waals surface area contributed by atoms with Gasteiger partial charge in [0.05, 0.1) is 12.7 Å². The first kappa shape index (κ1) is 15.3. The molecule has 2 aliphatic rings. The molecule has 0 radical (unpaired) electrons. The monoisotopic (exact) mass is 267 g/mol. The average Bonchev–Trinajstić information content (AvgIpc) is 2.65. The minimum atomic E-state index is 0.531. The second-order valence-corrected chi connectivity index (χ2v) is 7.38. The molecule has 0 heterocycles. The van der Waals surface area contributed by atoms with Crippen LogP contribution in [0.5, 0.6) is 0 Å². The van der Waals surface area contributed by atoms with Crippen LogP contribution in [0.15, 0.2) is 0 Å². The van der Waals surface area contributed by atoms with E-state index in [1.54, 1.807) is 0 Å². The maximum atomic E-state index is 6.04. The lowest BCUT2D eigenvalue weighted by Gasteiger charge is -2.34. The van der Waals surface area contributed by atoms with Crippen LogP contribution in [0, 0.1) is 5.41 Å². The van der Waals surface area contributed by atoms with E-state index in [1.165, 1.54) is 64.2 Å². The SMILES string of the molecule is CC1(C)CCC(OCCNC2CCCCCC2)CC1. The van der Waals surface area contributed by atoms with Crippen LogP contribution in [-0.2, 0) is 4.74 Å². The van der Waals surface area contributed by atoms with Crippen molar-refractivity contribution >= 4 is 0 Å². The van der Waals surface area contributed by atoms with Crippen LogP contribution in [0.2, 0.25) is 0 Å². The van der Waals surface area contributed by atoms with E-state index in [1.807, 2.05) is 0 Å². The van der Waals surface area contributed by atoms with Crippen molar-refractivity contribution in [3.05, 3.63) is 0 Å². The predicted molar refractivity (Wildman–Crippen MR) is 81.5 cm³/mol. The van der Waals surface area contributed by atoms with Crippen LogP contribution < -0.4 is 5.32 Å². The summed E-state index contributed by atoms with van der Waals surface area (Å²) in [6, 6.07) is 0.761. The van der Waals surface area contributed by atoms with Gasteiger partial charge >= 0.3 is 0 Å². The molecule has 2 rings (SSSR count). The zero-order valence-electron chi connectivity index (χ0n) is 13.0. The first-order valence-electron chi connectivity index (χ1n) is 8.51. The highest BCUT2D eigenvalue weighted by atomic mass is 16.5. The third-order valence-electron chi connectivity index (χ3n) is 5.03. The molecule has 2 saturated carbocycles. The molecular formula is C17H33NO. The van der Waals surface area contributed by atoms with Crippen molar-refractivity contribution in [3.63, 3.8) is 0 Å². The smallest absolute Gasteiger partial charge is 0.0594 e. The fourth-order valence-corrected chi connectivity index (χ4v) is 3.51. The molecule has 0 aromatic carbocycles. The van der Waals surface area contributed by atoms with E-state index in [2.05, 4.69) is 19.2 Å². The Hall–Kier alpha value is -0.0800. The lowest BCUT2D eigenvalue weighted by molar-refractivity contribution is 0.00521. The highest BCUT2D eigenvalue weighted by Gasteiger charge is 2.26. The van der Waals surface area contributed by atoms with Crippen molar-refractivity contribution in [1.29, 1.82) is 0 Å². The predicted octanol–water partition coefficient (Wildman–Crippen LogP) is 4.28. The quantitative estimate of drug-likeness (QED) is 0.593. The Labute approximate surface area is 119 Å². The highest BCUT2D eigenvalue weighted by molar-refractivity contribution is 4.79. The Morgan fingerprint density at radius 1 is 0.947 bits per heavy atom. The van der Waals surface area contributed by atoms with E-state index in [9.17, 15) is 0 Å². The summed E-state index contributed by atoms with van der Waals surface area (Å²) in [7, 11) is 0. The Balaban J connectivity index is 1.52. The first-order chi connectivity index (χ1) is 9.16. The van der Waals surface area contributed by atoms with Gasteiger partial charge in [-0.2, -0.15) is 0 Å². The topological polar surface area (TPSA) is 21.3 Å². The van der Waals surface area contributed by atoms with E-state index in [4.69, 9.17) is 4.74 Å². The molecular weight excluding hydrogens is 234 g/mol. The molecule has 0 aromatic rings. The van der Waals surface area contributed by atoms with Gasteiger partial charge in [0, 0.05) is 12.6 Å². The van der Waals surface area contributed by atoms with E-state index in [-0.39, 0.29) is 0 Å². The minimum Gasteiger partial charge on any atom is -0.377 e. The van der Waals surface area contributed by atoms with Crippen molar-refractivity contribution in [2.75, 3.05) is 13.2 Å². The molecule has 2 fully saturated rings. The van der Waals surface area contributed by atoms with E-state index < -0.39 is 0 Å². The molecule has 0 aliphatic heterocycles. The fraction of sp³-hybridized carbons (Fsp3) is 1.00. The van der Waals surface area contributed by atoms with Gasteiger partial charge < -0.3 is 10.1 Å². The zero-order chi connectivity index (χ0) is 13.6. The largest absolute Gasteiger partial charge is 0.377 e. The second-order valence-electron chi connectivity index (χ2n) is 7.38. The molecule has 0 amide bonds. The Morgan fingerprint density at radius 2 is 1.58 bits per heavy atom. The third kappa shape index (κ3) is 5.83. The zero-order valence-corrected chi connectivity index (χ0v) is 13.0. The number of ether oxygens (including phenoxy) is 1. The Bertz CT molecular complexity index is 234. The van der Waals surface area contributed by atoms with E-state index in [0.717, 1.165) is 19.2 Å². The first-order valence-corrected chi connectivity index (χ1v) is 8.51. The van der Waals surface area contributed by atoms with Gasteiger partial charge in [0.1, 0.15) is 0 Å². The summed E-state index contributed by atoms with van der Waals surface area (Å²) in [6.07, 6.45) is 14.2. The summed E-state index contributed by atoms with van der Waals surface area (Å²) in [5.74, 6) is 0. The molecule has 112 valence electrons. The van der Waals surface area contributed by atoms with Gasteiger partial charge in [-0.1, -0.05) is 39.5 Å². The van der Waals surface area contributed by atoms with Gasteiger partial charge in [-0.05, 0) is 43.9 Å². The van der Waals surface area contributed by atoms with Gasteiger partial charge in [0.15, 0.2) is 0 Å². The summed E-state index contributed by atoms with van der Waals surface area (Å²) in [4.78, 5) is 0. The van der Waals surface area contributed by atoms with Gasteiger partial charge in [-0.25, -0.2) is 0 Å². The number of nitrogens with one attached hydrogen (secondary N) is 1. The maximum absolute atomic E-state index is 6.04. The second kappa shape index (κ2) is 7.64. The van der Waals surface area contributed by atoms with Crippen LogP contribution in [0.25, 0.3) is 0 Å². The van der Waals surface area contributed by atoms with Gasteiger partial charge in [-0.15, -0.1) is 0 Å². The Kier molecular flexibility index (Phi) is 6.15.